The van der Waals surface area contributed by atoms with Gasteiger partial charge in [-0.2, -0.15) is 0 Å². The SMILES string of the molecule is CC(C)=CCC/C(C)=C/CC/C(C)=C/CC12Oc3cc(O)cc(O)c3C(=O)C1Oc1cc(O)ccc12. The van der Waals surface area contributed by atoms with E-state index in [2.05, 4.69) is 45.9 Å². The molecule has 190 valence electrons. The molecule has 2 aliphatic rings. The second kappa shape index (κ2) is 10.1. The van der Waals surface area contributed by atoms with Gasteiger partial charge < -0.3 is 24.8 Å². The highest BCUT2D eigenvalue weighted by atomic mass is 16.6. The molecular weight excluding hydrogens is 456 g/mol. The van der Waals surface area contributed by atoms with Crippen LogP contribution in [-0.4, -0.2) is 27.2 Å². The van der Waals surface area contributed by atoms with Crippen LogP contribution in [0.3, 0.4) is 0 Å². The summed E-state index contributed by atoms with van der Waals surface area (Å²) >= 11 is 0. The number of fused-ring (bicyclic) bond motifs is 4. The van der Waals surface area contributed by atoms with Gasteiger partial charge in [-0.1, -0.05) is 34.9 Å². The normalized spacial score (nSPS) is 20.7. The second-order valence-corrected chi connectivity index (χ2v) is 10.0. The standard InChI is InChI=1S/C30H34O6/c1-18(2)7-5-8-19(3)9-6-10-20(4)13-14-30-23-12-11-21(31)16-25(23)35-29(30)28(34)27-24(33)15-22(32)17-26(27)36-30/h7,9,11-13,15-17,29,31-33H,5-6,8,10,14H2,1-4H3/b19-9+,20-13+. The highest BCUT2D eigenvalue weighted by Crippen LogP contribution is 2.54. The molecule has 6 nitrogen and oxygen atoms in total. The number of phenolic OH excluding ortho intramolecular Hbond substituents is 3. The number of ether oxygens (including phenoxy) is 2. The van der Waals surface area contributed by atoms with Crippen molar-refractivity contribution in [1.29, 1.82) is 0 Å². The van der Waals surface area contributed by atoms with E-state index in [1.807, 2.05) is 0 Å². The molecule has 2 heterocycles. The first kappa shape index (κ1) is 25.4. The number of rotatable bonds is 8. The molecule has 6 heteroatoms. The molecule has 36 heavy (non-hydrogen) atoms. The Hall–Kier alpha value is -3.67. The van der Waals surface area contributed by atoms with Crippen LogP contribution in [0.5, 0.6) is 28.7 Å². The fourth-order valence-corrected chi connectivity index (χ4v) is 4.86. The van der Waals surface area contributed by atoms with Crippen molar-refractivity contribution < 1.29 is 29.6 Å². The maximum absolute atomic E-state index is 13.5. The number of hydrogen-bond acceptors (Lipinski definition) is 6. The fourth-order valence-electron chi connectivity index (χ4n) is 4.86. The third-order valence-electron chi connectivity index (χ3n) is 6.81. The van der Waals surface area contributed by atoms with Crippen molar-refractivity contribution in [3.8, 4) is 28.7 Å². The Bertz CT molecular complexity index is 1260. The molecule has 0 fully saturated rings. The number of carbonyl (C=O) groups is 1. The molecule has 0 saturated carbocycles. The second-order valence-electron chi connectivity index (χ2n) is 10.0. The molecule has 0 radical (unpaired) electrons. The average molecular weight is 491 g/mol. The summed E-state index contributed by atoms with van der Waals surface area (Å²) in [6.45, 7) is 8.44. The smallest absolute Gasteiger partial charge is 0.215 e. The number of benzene rings is 2. The van der Waals surface area contributed by atoms with E-state index >= 15 is 0 Å². The van der Waals surface area contributed by atoms with Gasteiger partial charge in [0.2, 0.25) is 11.9 Å². The first-order chi connectivity index (χ1) is 17.1. The minimum Gasteiger partial charge on any atom is -0.508 e. The third kappa shape index (κ3) is 4.99. The predicted molar refractivity (Wildman–Crippen MR) is 139 cm³/mol. The fraction of sp³-hybridized carbons (Fsp3) is 0.367. The Morgan fingerprint density at radius 3 is 2.28 bits per heavy atom. The summed E-state index contributed by atoms with van der Waals surface area (Å²) in [5.74, 6) is -0.484. The van der Waals surface area contributed by atoms with Crippen molar-refractivity contribution in [2.24, 2.45) is 0 Å². The summed E-state index contributed by atoms with van der Waals surface area (Å²) in [5, 5.41) is 30.3. The lowest BCUT2D eigenvalue weighted by atomic mass is 9.80. The minimum atomic E-state index is -1.18. The van der Waals surface area contributed by atoms with Gasteiger partial charge in [0.1, 0.15) is 34.3 Å². The predicted octanol–water partition coefficient (Wildman–Crippen LogP) is 6.84. The van der Waals surface area contributed by atoms with E-state index in [0.717, 1.165) is 37.3 Å². The molecule has 2 atom stereocenters. The number of allylic oxidation sites excluding steroid dienone is 5. The number of hydrogen-bond donors (Lipinski definition) is 3. The van der Waals surface area contributed by atoms with Crippen LogP contribution >= 0.6 is 0 Å². The molecule has 0 aliphatic carbocycles. The summed E-state index contributed by atoms with van der Waals surface area (Å²) in [5.41, 5.74) is 3.32. The molecule has 0 amide bonds. The number of carbonyl (C=O) groups excluding carboxylic acids is 1. The van der Waals surface area contributed by atoms with E-state index in [4.69, 9.17) is 9.47 Å². The van der Waals surface area contributed by atoms with Crippen molar-refractivity contribution in [3.05, 3.63) is 76.4 Å². The van der Waals surface area contributed by atoms with Gasteiger partial charge in [0.15, 0.2) is 5.60 Å². The van der Waals surface area contributed by atoms with Crippen LogP contribution in [-0.2, 0) is 5.60 Å². The molecule has 2 aromatic carbocycles. The summed E-state index contributed by atoms with van der Waals surface area (Å²) in [4.78, 5) is 13.5. The molecule has 0 spiro atoms. The zero-order valence-corrected chi connectivity index (χ0v) is 21.3. The number of aromatic hydroxyl groups is 3. The number of Topliss-reactive ketones (excluding diaryl/α,β-unsaturated/α-hetero) is 1. The van der Waals surface area contributed by atoms with Gasteiger partial charge in [0.05, 0.1) is 0 Å². The monoisotopic (exact) mass is 490 g/mol. The Morgan fingerprint density at radius 1 is 0.889 bits per heavy atom. The van der Waals surface area contributed by atoms with Crippen molar-refractivity contribution in [3.63, 3.8) is 0 Å². The minimum absolute atomic E-state index is 0.0140. The summed E-state index contributed by atoms with van der Waals surface area (Å²) < 4.78 is 12.4. The summed E-state index contributed by atoms with van der Waals surface area (Å²) in [6, 6.07) is 7.15. The Balaban J connectivity index is 1.58. The lowest BCUT2D eigenvalue weighted by Crippen LogP contribution is -2.51. The van der Waals surface area contributed by atoms with Crippen molar-refractivity contribution in [1.82, 2.24) is 0 Å². The van der Waals surface area contributed by atoms with Gasteiger partial charge in [-0.3, -0.25) is 4.79 Å². The third-order valence-corrected chi connectivity index (χ3v) is 6.81. The van der Waals surface area contributed by atoms with Crippen LogP contribution in [0.4, 0.5) is 0 Å². The van der Waals surface area contributed by atoms with Crippen LogP contribution in [0.15, 0.2) is 65.3 Å². The van der Waals surface area contributed by atoms with Gasteiger partial charge in [-0.15, -0.1) is 0 Å². The molecule has 2 unspecified atom stereocenters. The molecule has 2 aliphatic heterocycles. The first-order valence-corrected chi connectivity index (χ1v) is 12.3. The zero-order chi connectivity index (χ0) is 26.0. The molecule has 0 bridgehead atoms. The molecule has 2 aromatic rings. The Morgan fingerprint density at radius 2 is 1.56 bits per heavy atom. The van der Waals surface area contributed by atoms with Crippen LogP contribution in [0.1, 0.15) is 75.7 Å². The van der Waals surface area contributed by atoms with E-state index in [-0.39, 0.29) is 28.6 Å². The van der Waals surface area contributed by atoms with Crippen molar-refractivity contribution in [2.45, 2.75) is 71.5 Å². The lowest BCUT2D eigenvalue weighted by molar-refractivity contribution is -0.0164. The molecule has 3 N–H and O–H groups in total. The van der Waals surface area contributed by atoms with Crippen LogP contribution in [0, 0.1) is 0 Å². The van der Waals surface area contributed by atoms with Gasteiger partial charge >= 0.3 is 0 Å². The largest absolute Gasteiger partial charge is 0.508 e. The zero-order valence-electron chi connectivity index (χ0n) is 21.3. The lowest BCUT2D eigenvalue weighted by Gasteiger charge is -2.38. The first-order valence-electron chi connectivity index (χ1n) is 12.3. The quantitative estimate of drug-likeness (QED) is 0.351. The molecule has 4 rings (SSSR count). The van der Waals surface area contributed by atoms with Crippen LogP contribution in [0.2, 0.25) is 0 Å². The van der Waals surface area contributed by atoms with E-state index in [9.17, 15) is 20.1 Å². The Labute approximate surface area is 212 Å². The molecule has 0 aromatic heterocycles. The topological polar surface area (TPSA) is 96.2 Å². The van der Waals surface area contributed by atoms with Gasteiger partial charge in [0, 0.05) is 30.2 Å². The van der Waals surface area contributed by atoms with Crippen LogP contribution in [0.25, 0.3) is 0 Å². The molecule has 0 saturated heterocycles. The summed E-state index contributed by atoms with van der Waals surface area (Å²) in [6.07, 6.45) is 9.81. The van der Waals surface area contributed by atoms with Gasteiger partial charge in [-0.25, -0.2) is 0 Å². The van der Waals surface area contributed by atoms with E-state index < -0.39 is 17.5 Å². The van der Waals surface area contributed by atoms with E-state index in [1.165, 1.54) is 29.3 Å². The highest BCUT2D eigenvalue weighted by molar-refractivity contribution is 6.07. The maximum atomic E-state index is 13.5. The summed E-state index contributed by atoms with van der Waals surface area (Å²) in [7, 11) is 0. The van der Waals surface area contributed by atoms with E-state index in [1.54, 1.807) is 6.07 Å². The molecular formula is C30H34O6. The number of ketones is 1. The van der Waals surface area contributed by atoms with E-state index in [0.29, 0.717) is 17.7 Å². The van der Waals surface area contributed by atoms with Gasteiger partial charge in [0.25, 0.3) is 0 Å². The maximum Gasteiger partial charge on any atom is 0.215 e. The highest BCUT2D eigenvalue weighted by Gasteiger charge is 2.58. The average Bonchev–Trinajstić information content (AvgIpc) is 3.11. The number of phenols is 3. The van der Waals surface area contributed by atoms with Crippen molar-refractivity contribution >= 4 is 5.78 Å². The van der Waals surface area contributed by atoms with Gasteiger partial charge in [-0.05, 0) is 65.5 Å². The van der Waals surface area contributed by atoms with Crippen LogP contribution < -0.4 is 9.47 Å². The Kier molecular flexibility index (Phi) is 7.16. The van der Waals surface area contributed by atoms with Crippen molar-refractivity contribution in [2.75, 3.05) is 0 Å².